The quantitative estimate of drug-likeness (QED) is 0.599. The Labute approximate surface area is 131 Å². The Morgan fingerprint density at radius 2 is 2.19 bits per heavy atom. The van der Waals surface area contributed by atoms with Crippen molar-refractivity contribution < 1.29 is 14.3 Å². The summed E-state index contributed by atoms with van der Waals surface area (Å²) >= 11 is 5.80. The number of hydrogen-bond acceptors (Lipinski definition) is 3. The standard InChI is InChI=1S/C16H22ClNO3/c1-2-3-9-20-14-6-4-13(5-7-14)16(19)18-8-10-21-15(11-17)12-18/h4-7,15H,2-3,8-12H2,1H3. The highest BCUT2D eigenvalue weighted by atomic mass is 35.5. The number of carbonyl (C=O) groups is 1. The number of alkyl halides is 1. The lowest BCUT2D eigenvalue weighted by Crippen LogP contribution is -2.46. The highest BCUT2D eigenvalue weighted by Gasteiger charge is 2.24. The molecule has 0 N–H and O–H groups in total. The van der Waals surface area contributed by atoms with E-state index in [1.807, 2.05) is 24.3 Å². The average molecular weight is 312 g/mol. The number of amides is 1. The van der Waals surface area contributed by atoms with Gasteiger partial charge < -0.3 is 14.4 Å². The van der Waals surface area contributed by atoms with Crippen LogP contribution in [-0.2, 0) is 4.74 Å². The summed E-state index contributed by atoms with van der Waals surface area (Å²) in [5.41, 5.74) is 0.674. The predicted molar refractivity (Wildman–Crippen MR) is 83.2 cm³/mol. The van der Waals surface area contributed by atoms with Crippen molar-refractivity contribution in [2.45, 2.75) is 25.9 Å². The van der Waals surface area contributed by atoms with Crippen LogP contribution in [0.3, 0.4) is 0 Å². The van der Waals surface area contributed by atoms with Crippen molar-refractivity contribution in [3.8, 4) is 5.75 Å². The number of rotatable bonds is 6. The summed E-state index contributed by atoms with van der Waals surface area (Å²) in [6, 6.07) is 7.33. The second-order valence-electron chi connectivity index (χ2n) is 5.12. The molecule has 1 aliphatic rings. The maximum Gasteiger partial charge on any atom is 0.254 e. The summed E-state index contributed by atoms with van der Waals surface area (Å²) in [5, 5.41) is 0. The monoisotopic (exact) mass is 311 g/mol. The molecule has 5 heteroatoms. The van der Waals surface area contributed by atoms with E-state index >= 15 is 0 Å². The summed E-state index contributed by atoms with van der Waals surface area (Å²) in [5.74, 6) is 1.24. The number of carbonyl (C=O) groups excluding carboxylic acids is 1. The lowest BCUT2D eigenvalue weighted by atomic mass is 10.1. The molecular weight excluding hydrogens is 290 g/mol. The van der Waals surface area contributed by atoms with Gasteiger partial charge in [0.25, 0.3) is 5.91 Å². The van der Waals surface area contributed by atoms with Gasteiger partial charge in [-0.2, -0.15) is 0 Å². The molecule has 116 valence electrons. The van der Waals surface area contributed by atoms with E-state index in [1.165, 1.54) is 0 Å². The van der Waals surface area contributed by atoms with Crippen LogP contribution in [0.15, 0.2) is 24.3 Å². The summed E-state index contributed by atoms with van der Waals surface area (Å²) in [6.07, 6.45) is 2.07. The van der Waals surface area contributed by atoms with Gasteiger partial charge in [-0.05, 0) is 30.7 Å². The Morgan fingerprint density at radius 1 is 1.43 bits per heavy atom. The third kappa shape index (κ3) is 4.61. The van der Waals surface area contributed by atoms with E-state index in [0.717, 1.165) is 18.6 Å². The van der Waals surface area contributed by atoms with Crippen molar-refractivity contribution in [2.75, 3.05) is 32.2 Å². The smallest absolute Gasteiger partial charge is 0.254 e. The fourth-order valence-corrected chi connectivity index (χ4v) is 2.39. The van der Waals surface area contributed by atoms with Crippen molar-refractivity contribution >= 4 is 17.5 Å². The summed E-state index contributed by atoms with van der Waals surface area (Å²) in [7, 11) is 0. The predicted octanol–water partition coefficient (Wildman–Crippen LogP) is 2.95. The van der Waals surface area contributed by atoms with E-state index in [9.17, 15) is 4.79 Å². The van der Waals surface area contributed by atoms with Gasteiger partial charge in [0.05, 0.1) is 25.2 Å². The van der Waals surface area contributed by atoms with Crippen LogP contribution in [0.25, 0.3) is 0 Å². The van der Waals surface area contributed by atoms with Gasteiger partial charge >= 0.3 is 0 Å². The first-order valence-corrected chi connectivity index (χ1v) is 7.97. The van der Waals surface area contributed by atoms with E-state index in [4.69, 9.17) is 21.1 Å². The molecule has 1 heterocycles. The summed E-state index contributed by atoms with van der Waals surface area (Å²) in [4.78, 5) is 14.2. The lowest BCUT2D eigenvalue weighted by molar-refractivity contribution is -0.0108. The molecule has 1 fully saturated rings. The Hall–Kier alpha value is -1.26. The number of halogens is 1. The molecule has 0 spiro atoms. The van der Waals surface area contributed by atoms with Crippen LogP contribution in [0, 0.1) is 0 Å². The fourth-order valence-electron chi connectivity index (χ4n) is 2.21. The summed E-state index contributed by atoms with van der Waals surface area (Å²) < 4.78 is 11.1. The number of hydrogen-bond donors (Lipinski definition) is 0. The highest BCUT2D eigenvalue weighted by molar-refractivity contribution is 6.18. The third-order valence-electron chi connectivity index (χ3n) is 3.47. The highest BCUT2D eigenvalue weighted by Crippen LogP contribution is 2.16. The topological polar surface area (TPSA) is 38.8 Å². The van der Waals surface area contributed by atoms with Gasteiger partial charge in [0, 0.05) is 18.7 Å². The first-order valence-electron chi connectivity index (χ1n) is 7.44. The molecule has 1 aromatic carbocycles. The summed E-state index contributed by atoms with van der Waals surface area (Å²) in [6.45, 7) is 4.55. The first-order chi connectivity index (χ1) is 10.2. The number of unbranched alkanes of at least 4 members (excludes halogenated alkanes) is 1. The second-order valence-corrected chi connectivity index (χ2v) is 5.43. The van der Waals surface area contributed by atoms with Gasteiger partial charge in [0.15, 0.2) is 0 Å². The van der Waals surface area contributed by atoms with E-state index < -0.39 is 0 Å². The zero-order valence-electron chi connectivity index (χ0n) is 12.4. The van der Waals surface area contributed by atoms with Gasteiger partial charge in [0.1, 0.15) is 5.75 Å². The maximum atomic E-state index is 12.4. The number of morpholine rings is 1. The Kier molecular flexibility index (Phi) is 6.33. The molecule has 0 aromatic heterocycles. The third-order valence-corrected chi connectivity index (χ3v) is 3.81. The van der Waals surface area contributed by atoms with Gasteiger partial charge in [-0.25, -0.2) is 0 Å². The minimum atomic E-state index is -0.0685. The molecule has 0 bridgehead atoms. The minimum Gasteiger partial charge on any atom is -0.494 e. The van der Waals surface area contributed by atoms with Gasteiger partial charge in [-0.3, -0.25) is 4.79 Å². The number of nitrogens with zero attached hydrogens (tertiary/aromatic N) is 1. The van der Waals surface area contributed by atoms with E-state index in [-0.39, 0.29) is 12.0 Å². The second kappa shape index (κ2) is 8.25. The van der Waals surface area contributed by atoms with Crippen LogP contribution in [0.2, 0.25) is 0 Å². The van der Waals surface area contributed by atoms with Crippen molar-refractivity contribution in [3.63, 3.8) is 0 Å². The molecule has 1 saturated heterocycles. The van der Waals surface area contributed by atoms with Crippen LogP contribution in [-0.4, -0.2) is 49.1 Å². The van der Waals surface area contributed by atoms with E-state index in [2.05, 4.69) is 6.92 Å². The average Bonchev–Trinajstić information content (AvgIpc) is 2.55. The SMILES string of the molecule is CCCCOc1ccc(C(=O)N2CCOC(CCl)C2)cc1. The van der Waals surface area contributed by atoms with Crippen molar-refractivity contribution in [2.24, 2.45) is 0 Å². The zero-order chi connectivity index (χ0) is 15.1. The van der Waals surface area contributed by atoms with Crippen molar-refractivity contribution in [3.05, 3.63) is 29.8 Å². The molecule has 21 heavy (non-hydrogen) atoms. The maximum absolute atomic E-state index is 12.4. The van der Waals surface area contributed by atoms with Crippen LogP contribution in [0.1, 0.15) is 30.1 Å². The van der Waals surface area contributed by atoms with Crippen molar-refractivity contribution in [1.29, 1.82) is 0 Å². The molecule has 1 aromatic rings. The minimum absolute atomic E-state index is 0.0218. The largest absolute Gasteiger partial charge is 0.494 e. The van der Waals surface area contributed by atoms with Gasteiger partial charge in [0.2, 0.25) is 0 Å². The van der Waals surface area contributed by atoms with Crippen LogP contribution in [0.4, 0.5) is 0 Å². The van der Waals surface area contributed by atoms with Crippen LogP contribution in [0.5, 0.6) is 5.75 Å². The molecule has 0 aliphatic carbocycles. The van der Waals surface area contributed by atoms with Gasteiger partial charge in [-0.15, -0.1) is 11.6 Å². The van der Waals surface area contributed by atoms with Crippen LogP contribution < -0.4 is 4.74 Å². The lowest BCUT2D eigenvalue weighted by Gasteiger charge is -2.32. The molecule has 1 amide bonds. The van der Waals surface area contributed by atoms with Gasteiger partial charge in [-0.1, -0.05) is 13.3 Å². The number of benzene rings is 1. The Bertz CT molecular complexity index is 449. The van der Waals surface area contributed by atoms with E-state index in [0.29, 0.717) is 37.7 Å². The molecular formula is C16H22ClNO3. The Morgan fingerprint density at radius 3 is 2.86 bits per heavy atom. The molecule has 1 unspecified atom stereocenters. The van der Waals surface area contributed by atoms with Crippen LogP contribution >= 0.6 is 11.6 Å². The molecule has 1 aliphatic heterocycles. The first kappa shape index (κ1) is 16.1. The fraction of sp³-hybridized carbons (Fsp3) is 0.562. The van der Waals surface area contributed by atoms with E-state index in [1.54, 1.807) is 4.90 Å². The molecule has 0 radical (unpaired) electrons. The normalized spacial score (nSPS) is 18.6. The molecule has 1 atom stereocenters. The zero-order valence-corrected chi connectivity index (χ0v) is 13.1. The molecule has 4 nitrogen and oxygen atoms in total. The molecule has 0 saturated carbocycles. The molecule has 2 rings (SSSR count). The Balaban J connectivity index is 1.93. The van der Waals surface area contributed by atoms with Crippen molar-refractivity contribution in [1.82, 2.24) is 4.90 Å². The number of ether oxygens (including phenoxy) is 2.